The van der Waals surface area contributed by atoms with E-state index in [1.54, 1.807) is 22.3 Å². The minimum atomic E-state index is 0.286. The Kier molecular flexibility index (Phi) is 2.92. The van der Waals surface area contributed by atoms with E-state index in [0.717, 1.165) is 0 Å². The zero-order valence-electron chi connectivity index (χ0n) is 15.3. The lowest BCUT2D eigenvalue weighted by Gasteiger charge is -2.40. The van der Waals surface area contributed by atoms with Gasteiger partial charge in [-0.25, -0.2) is 0 Å². The van der Waals surface area contributed by atoms with Gasteiger partial charge in [-0.05, 0) is 82.4 Å². The molecule has 1 aromatic rings. The van der Waals surface area contributed by atoms with Crippen LogP contribution in [-0.2, 0) is 6.42 Å². The summed E-state index contributed by atoms with van der Waals surface area (Å²) in [7, 11) is 0. The maximum absolute atomic E-state index is 2.73. The summed E-state index contributed by atoms with van der Waals surface area (Å²) >= 11 is 0. The van der Waals surface area contributed by atoms with Crippen molar-refractivity contribution in [3.63, 3.8) is 0 Å². The van der Waals surface area contributed by atoms with Gasteiger partial charge < -0.3 is 0 Å². The van der Waals surface area contributed by atoms with E-state index in [-0.39, 0.29) is 5.41 Å². The van der Waals surface area contributed by atoms with Crippen molar-refractivity contribution in [3.05, 3.63) is 58.2 Å². The molecular weight excluding hydrogens is 288 g/mol. The molecule has 0 saturated heterocycles. The molecule has 0 N–H and O–H groups in total. The molecule has 1 fully saturated rings. The summed E-state index contributed by atoms with van der Waals surface area (Å²) in [6.45, 7) is 7.08. The van der Waals surface area contributed by atoms with Crippen LogP contribution in [-0.4, -0.2) is 0 Å². The molecule has 0 aliphatic heterocycles. The topological polar surface area (TPSA) is 0 Å². The first-order valence-corrected chi connectivity index (χ1v) is 9.77. The highest BCUT2D eigenvalue weighted by Crippen LogP contribution is 2.57. The molecule has 24 heavy (non-hydrogen) atoms. The fourth-order valence-electron chi connectivity index (χ4n) is 5.62. The number of hydrogen-bond acceptors (Lipinski definition) is 0. The molecule has 1 saturated carbocycles. The Bertz CT molecular complexity index is 820. The van der Waals surface area contributed by atoms with Crippen LogP contribution in [0.2, 0.25) is 0 Å². The van der Waals surface area contributed by atoms with Crippen LogP contribution in [0.25, 0.3) is 11.1 Å². The molecule has 4 aliphatic rings. The van der Waals surface area contributed by atoms with Crippen molar-refractivity contribution in [3.8, 4) is 0 Å². The van der Waals surface area contributed by atoms with E-state index in [4.69, 9.17) is 0 Å². The number of fused-ring (bicyclic) bond motifs is 2. The van der Waals surface area contributed by atoms with Crippen LogP contribution in [0.15, 0.2) is 35.9 Å². The van der Waals surface area contributed by atoms with Crippen molar-refractivity contribution in [2.45, 2.75) is 65.7 Å². The Balaban J connectivity index is 1.74. The Morgan fingerprint density at radius 2 is 1.75 bits per heavy atom. The summed E-state index contributed by atoms with van der Waals surface area (Å²) < 4.78 is 0. The summed E-state index contributed by atoms with van der Waals surface area (Å²) in [5.74, 6) is 0. The first-order chi connectivity index (χ1) is 11.5. The maximum Gasteiger partial charge on any atom is -0.00682 e. The Hall–Kier alpha value is -1.56. The van der Waals surface area contributed by atoms with Crippen LogP contribution in [0.5, 0.6) is 0 Å². The van der Waals surface area contributed by atoms with E-state index in [1.807, 2.05) is 0 Å². The SMILES string of the molecule is Cc1ccc2c3c1CC1(C=C3C3=C2C=CC(C)(C)C3)CCCCC1. The summed E-state index contributed by atoms with van der Waals surface area (Å²) in [6.07, 6.45) is 17.1. The summed E-state index contributed by atoms with van der Waals surface area (Å²) in [5.41, 5.74) is 11.8. The van der Waals surface area contributed by atoms with Crippen LogP contribution < -0.4 is 0 Å². The fraction of sp³-hybridized carbons (Fsp3) is 0.500. The molecule has 0 atom stereocenters. The Morgan fingerprint density at radius 3 is 2.54 bits per heavy atom. The van der Waals surface area contributed by atoms with Gasteiger partial charge in [0.25, 0.3) is 0 Å². The molecule has 1 spiro atoms. The van der Waals surface area contributed by atoms with Crippen LogP contribution in [0.4, 0.5) is 0 Å². The predicted octanol–water partition coefficient (Wildman–Crippen LogP) is 6.64. The van der Waals surface area contributed by atoms with Gasteiger partial charge in [-0.15, -0.1) is 0 Å². The zero-order valence-corrected chi connectivity index (χ0v) is 15.3. The van der Waals surface area contributed by atoms with Gasteiger partial charge in [0, 0.05) is 0 Å². The minimum absolute atomic E-state index is 0.286. The molecule has 124 valence electrons. The number of hydrogen-bond donors (Lipinski definition) is 0. The normalized spacial score (nSPS) is 25.5. The minimum Gasteiger partial charge on any atom is -0.0779 e. The van der Waals surface area contributed by atoms with Gasteiger partial charge in [-0.2, -0.15) is 0 Å². The van der Waals surface area contributed by atoms with Crippen LogP contribution in [0, 0.1) is 17.8 Å². The van der Waals surface area contributed by atoms with Gasteiger partial charge in [-0.1, -0.05) is 63.5 Å². The molecule has 1 aromatic carbocycles. The van der Waals surface area contributed by atoms with E-state index in [1.165, 1.54) is 61.6 Å². The first kappa shape index (κ1) is 14.8. The summed E-state index contributed by atoms with van der Waals surface area (Å²) in [4.78, 5) is 0. The highest BCUT2D eigenvalue weighted by Gasteiger charge is 2.41. The lowest BCUT2D eigenvalue weighted by Crippen LogP contribution is -2.28. The number of allylic oxidation sites excluding steroid dienone is 6. The molecule has 0 heterocycles. The Morgan fingerprint density at radius 1 is 0.958 bits per heavy atom. The van der Waals surface area contributed by atoms with E-state index in [0.29, 0.717) is 5.41 Å². The first-order valence-electron chi connectivity index (χ1n) is 9.77. The highest BCUT2D eigenvalue weighted by molar-refractivity contribution is 6.05. The standard InChI is InChI=1S/C24H28/c1-16-7-8-18-17-9-12-23(2,3)13-20(17)21-15-24(10-5-4-6-11-24)14-19(16)22(18)21/h7-9,12,15H,4-6,10-11,13-14H2,1-3H3. The van der Waals surface area contributed by atoms with Crippen LogP contribution >= 0.6 is 0 Å². The van der Waals surface area contributed by atoms with Crippen molar-refractivity contribution in [1.82, 2.24) is 0 Å². The predicted molar refractivity (Wildman–Crippen MR) is 103 cm³/mol. The molecule has 5 rings (SSSR count). The third-order valence-electron chi connectivity index (χ3n) is 6.92. The van der Waals surface area contributed by atoms with E-state index in [2.05, 4.69) is 51.1 Å². The van der Waals surface area contributed by atoms with Crippen molar-refractivity contribution < 1.29 is 0 Å². The average Bonchev–Trinajstić information content (AvgIpc) is 2.84. The van der Waals surface area contributed by atoms with E-state index >= 15 is 0 Å². The zero-order chi connectivity index (χ0) is 16.5. The second kappa shape index (κ2) is 4.75. The Labute approximate surface area is 146 Å². The summed E-state index contributed by atoms with van der Waals surface area (Å²) in [5, 5.41) is 0. The third-order valence-corrected chi connectivity index (χ3v) is 6.92. The third kappa shape index (κ3) is 1.98. The van der Waals surface area contributed by atoms with Gasteiger partial charge in [0.15, 0.2) is 0 Å². The fourth-order valence-corrected chi connectivity index (χ4v) is 5.62. The molecule has 0 radical (unpaired) electrons. The molecule has 4 aliphatic carbocycles. The van der Waals surface area contributed by atoms with Crippen molar-refractivity contribution in [2.75, 3.05) is 0 Å². The quantitative estimate of drug-likeness (QED) is 0.503. The largest absolute Gasteiger partial charge is 0.0779 e. The molecule has 0 heteroatoms. The lowest BCUT2D eigenvalue weighted by atomic mass is 9.64. The van der Waals surface area contributed by atoms with E-state index < -0.39 is 0 Å². The summed E-state index contributed by atoms with van der Waals surface area (Å²) in [6, 6.07) is 4.75. The van der Waals surface area contributed by atoms with Gasteiger partial charge in [-0.3, -0.25) is 0 Å². The van der Waals surface area contributed by atoms with Crippen LogP contribution in [0.3, 0.4) is 0 Å². The highest BCUT2D eigenvalue weighted by atomic mass is 14.4. The van der Waals surface area contributed by atoms with Gasteiger partial charge >= 0.3 is 0 Å². The van der Waals surface area contributed by atoms with E-state index in [9.17, 15) is 0 Å². The monoisotopic (exact) mass is 316 g/mol. The van der Waals surface area contributed by atoms with Gasteiger partial charge in [0.1, 0.15) is 0 Å². The second-order valence-corrected chi connectivity index (χ2v) is 9.33. The van der Waals surface area contributed by atoms with Crippen LogP contribution in [0.1, 0.15) is 74.6 Å². The number of rotatable bonds is 0. The molecule has 0 amide bonds. The van der Waals surface area contributed by atoms with Gasteiger partial charge in [0.05, 0.1) is 0 Å². The molecule has 0 unspecified atom stereocenters. The molecule has 0 aromatic heterocycles. The number of aryl methyl sites for hydroxylation is 1. The molecular formula is C24H28. The van der Waals surface area contributed by atoms with Gasteiger partial charge in [0.2, 0.25) is 0 Å². The van der Waals surface area contributed by atoms with Crippen molar-refractivity contribution >= 4 is 11.1 Å². The number of benzene rings is 1. The molecule has 0 bridgehead atoms. The average molecular weight is 316 g/mol. The molecule has 0 nitrogen and oxygen atoms in total. The lowest BCUT2D eigenvalue weighted by molar-refractivity contribution is 0.253. The van der Waals surface area contributed by atoms with Crippen molar-refractivity contribution in [1.29, 1.82) is 0 Å². The maximum atomic E-state index is 2.73. The smallest absolute Gasteiger partial charge is 0.00682 e. The van der Waals surface area contributed by atoms with Crippen molar-refractivity contribution in [2.24, 2.45) is 10.8 Å². The second-order valence-electron chi connectivity index (χ2n) is 9.33.